The fraction of sp³-hybridized carbons (Fsp3) is 0.273. The van der Waals surface area contributed by atoms with Gasteiger partial charge in [0.1, 0.15) is 17.7 Å². The SMILES string of the molecule is CCC1CCC(c2ncc(-c3ccc4cc(-c5ccc6c(ccc7[nH]c(C8CCN8C)nc76)c5)ccc4c3)[nH]2)N1C(=O)C(NC(=O)OC)c1ccccc1. The number of carbonyl (C=O) groups is 2. The van der Waals surface area contributed by atoms with E-state index in [2.05, 4.69) is 101 Å². The van der Waals surface area contributed by atoms with Gasteiger partial charge in [-0.3, -0.25) is 9.69 Å². The lowest BCUT2D eigenvalue weighted by Gasteiger charge is -2.36. The summed E-state index contributed by atoms with van der Waals surface area (Å²) in [6.45, 7) is 3.20. The van der Waals surface area contributed by atoms with Crippen molar-refractivity contribution in [2.45, 2.75) is 56.8 Å². The van der Waals surface area contributed by atoms with E-state index in [1.807, 2.05) is 41.4 Å². The average molecular weight is 718 g/mol. The van der Waals surface area contributed by atoms with Crippen molar-refractivity contribution in [3.05, 3.63) is 120 Å². The molecule has 2 amide bonds. The number of imidazole rings is 2. The maximum absolute atomic E-state index is 14.3. The third-order valence-electron chi connectivity index (χ3n) is 11.5. The second-order valence-corrected chi connectivity index (χ2v) is 14.6. The molecule has 2 fully saturated rings. The number of amides is 2. The summed E-state index contributed by atoms with van der Waals surface area (Å²) in [6.07, 6.45) is 4.77. The molecular formula is C44H43N7O3. The minimum atomic E-state index is -0.873. The Morgan fingerprint density at radius 2 is 1.56 bits per heavy atom. The van der Waals surface area contributed by atoms with E-state index in [9.17, 15) is 9.59 Å². The molecule has 2 aromatic heterocycles. The molecule has 9 rings (SSSR count). The zero-order chi connectivity index (χ0) is 36.9. The van der Waals surface area contributed by atoms with Crippen molar-refractivity contribution >= 4 is 44.6 Å². The highest BCUT2D eigenvalue weighted by Crippen LogP contribution is 2.40. The van der Waals surface area contributed by atoms with E-state index in [1.54, 1.807) is 0 Å². The fourth-order valence-corrected chi connectivity index (χ4v) is 8.41. The van der Waals surface area contributed by atoms with Gasteiger partial charge >= 0.3 is 6.09 Å². The van der Waals surface area contributed by atoms with Crippen molar-refractivity contribution in [3.63, 3.8) is 0 Å². The minimum Gasteiger partial charge on any atom is -0.453 e. The van der Waals surface area contributed by atoms with E-state index >= 15 is 0 Å². The van der Waals surface area contributed by atoms with E-state index in [1.165, 1.54) is 12.5 Å². The number of H-pyrrole nitrogens is 2. The van der Waals surface area contributed by atoms with Crippen LogP contribution in [0.15, 0.2) is 103 Å². The van der Waals surface area contributed by atoms with Crippen molar-refractivity contribution in [1.82, 2.24) is 35.1 Å². The Bertz CT molecular complexity index is 2520. The lowest BCUT2D eigenvalue weighted by Crippen LogP contribution is -2.46. The molecule has 0 saturated carbocycles. The van der Waals surface area contributed by atoms with Crippen LogP contribution >= 0.6 is 0 Å². The van der Waals surface area contributed by atoms with Crippen LogP contribution in [-0.4, -0.2) is 68.5 Å². The van der Waals surface area contributed by atoms with Gasteiger partial charge in [0.25, 0.3) is 5.91 Å². The predicted molar refractivity (Wildman–Crippen MR) is 212 cm³/mol. The number of fused-ring (bicyclic) bond motifs is 4. The average Bonchev–Trinajstić information content (AvgIpc) is 3.97. The number of likely N-dealkylation sites (tertiary alicyclic amines) is 2. The summed E-state index contributed by atoms with van der Waals surface area (Å²) in [4.78, 5) is 47.8. The van der Waals surface area contributed by atoms with Gasteiger partial charge in [0.15, 0.2) is 0 Å². The molecule has 0 radical (unpaired) electrons. The van der Waals surface area contributed by atoms with Gasteiger partial charge in [-0.15, -0.1) is 0 Å². The van der Waals surface area contributed by atoms with Gasteiger partial charge in [0.2, 0.25) is 0 Å². The normalized spacial score (nSPS) is 19.3. The second kappa shape index (κ2) is 13.8. The van der Waals surface area contributed by atoms with Crippen molar-refractivity contribution in [2.75, 3.05) is 20.7 Å². The predicted octanol–water partition coefficient (Wildman–Crippen LogP) is 8.84. The number of aromatic nitrogens is 4. The Morgan fingerprint density at radius 3 is 2.28 bits per heavy atom. The summed E-state index contributed by atoms with van der Waals surface area (Å²) in [5.41, 5.74) is 7.06. The maximum Gasteiger partial charge on any atom is 0.407 e. The van der Waals surface area contributed by atoms with Crippen LogP contribution in [0.4, 0.5) is 4.79 Å². The molecule has 10 heteroatoms. The Balaban J connectivity index is 0.967. The van der Waals surface area contributed by atoms with Gasteiger partial charge < -0.3 is 24.9 Å². The van der Waals surface area contributed by atoms with Crippen LogP contribution in [-0.2, 0) is 9.53 Å². The molecule has 10 nitrogen and oxygen atoms in total. The molecule has 2 aliphatic rings. The number of ether oxygens (including phenoxy) is 1. The number of nitrogens with one attached hydrogen (secondary N) is 3. The quantitative estimate of drug-likeness (QED) is 0.145. The zero-order valence-electron chi connectivity index (χ0n) is 30.7. The number of rotatable bonds is 8. The fourth-order valence-electron chi connectivity index (χ4n) is 8.41. The van der Waals surface area contributed by atoms with Gasteiger partial charge in [-0.25, -0.2) is 14.8 Å². The Morgan fingerprint density at radius 1 is 0.833 bits per heavy atom. The summed E-state index contributed by atoms with van der Waals surface area (Å²) in [5.74, 6) is 1.62. The summed E-state index contributed by atoms with van der Waals surface area (Å²) >= 11 is 0. The standard InChI is InChI=1S/C44H43N7O3/c1-4-33-16-19-38(51(33)43(52)39(49-44(53)54-3)26-8-6-5-7-9-26)41-45-25-36(47-41)32-13-12-28-22-27(10-11-29(28)24-32)30-14-17-34-31(23-30)15-18-35-40(34)48-42(46-35)37-20-21-50(37)2/h5-15,17-18,22-25,33,37-39H,4,16,19-21H2,1-3H3,(H,45,47)(H,46,48)(H,49,53). The molecular weight excluding hydrogens is 675 g/mol. The van der Waals surface area contributed by atoms with E-state index in [4.69, 9.17) is 14.7 Å². The number of aromatic amines is 2. The monoisotopic (exact) mass is 717 g/mol. The van der Waals surface area contributed by atoms with Crippen molar-refractivity contribution in [3.8, 4) is 22.4 Å². The zero-order valence-corrected chi connectivity index (χ0v) is 30.7. The molecule has 7 aromatic rings. The molecule has 54 heavy (non-hydrogen) atoms. The number of alkyl carbamates (subject to hydrolysis) is 1. The number of hydrogen-bond donors (Lipinski definition) is 3. The molecule has 4 unspecified atom stereocenters. The van der Waals surface area contributed by atoms with Crippen LogP contribution in [0.5, 0.6) is 0 Å². The Kier molecular flexibility index (Phi) is 8.62. The van der Waals surface area contributed by atoms with Crippen molar-refractivity contribution in [1.29, 1.82) is 0 Å². The van der Waals surface area contributed by atoms with Crippen molar-refractivity contribution in [2.24, 2.45) is 0 Å². The number of benzene rings is 5. The Hall–Kier alpha value is -6.00. The van der Waals surface area contributed by atoms with E-state index in [0.717, 1.165) is 93.5 Å². The molecule has 4 atom stereocenters. The minimum absolute atomic E-state index is 0.0255. The summed E-state index contributed by atoms with van der Waals surface area (Å²) < 4.78 is 4.89. The molecule has 0 spiro atoms. The smallest absolute Gasteiger partial charge is 0.407 e. The molecule has 5 aromatic carbocycles. The van der Waals surface area contributed by atoms with Crippen LogP contribution in [0, 0.1) is 0 Å². The maximum atomic E-state index is 14.3. The van der Waals surface area contributed by atoms with Gasteiger partial charge in [-0.1, -0.05) is 79.7 Å². The number of hydrogen-bond acceptors (Lipinski definition) is 6. The summed E-state index contributed by atoms with van der Waals surface area (Å²) in [7, 11) is 3.45. The number of nitrogens with zero attached hydrogens (tertiary/aromatic N) is 4. The van der Waals surface area contributed by atoms with E-state index < -0.39 is 12.1 Å². The molecule has 0 aliphatic carbocycles. The summed E-state index contributed by atoms with van der Waals surface area (Å²) in [5, 5.41) is 7.39. The molecule has 3 N–H and O–H groups in total. The number of carbonyl (C=O) groups excluding carboxylic acids is 2. The first-order valence-electron chi connectivity index (χ1n) is 18.8. The van der Waals surface area contributed by atoms with Crippen molar-refractivity contribution < 1.29 is 14.3 Å². The first-order chi connectivity index (χ1) is 26.4. The third-order valence-corrected chi connectivity index (χ3v) is 11.5. The highest BCUT2D eigenvalue weighted by molar-refractivity contribution is 6.05. The van der Waals surface area contributed by atoms with Gasteiger partial charge in [-0.05, 0) is 89.8 Å². The molecule has 272 valence electrons. The van der Waals surface area contributed by atoms with Crippen LogP contribution in [0.1, 0.15) is 67.9 Å². The van der Waals surface area contributed by atoms with Gasteiger partial charge in [-0.2, -0.15) is 0 Å². The lowest BCUT2D eigenvalue weighted by molar-refractivity contribution is -0.136. The summed E-state index contributed by atoms with van der Waals surface area (Å²) in [6, 6.07) is 32.6. The van der Waals surface area contributed by atoms with E-state index in [-0.39, 0.29) is 18.0 Å². The largest absolute Gasteiger partial charge is 0.453 e. The molecule has 2 saturated heterocycles. The van der Waals surface area contributed by atoms with E-state index in [0.29, 0.717) is 11.6 Å². The highest BCUT2D eigenvalue weighted by atomic mass is 16.5. The molecule has 0 bridgehead atoms. The first-order valence-corrected chi connectivity index (χ1v) is 18.8. The van der Waals surface area contributed by atoms with Gasteiger partial charge in [0, 0.05) is 23.5 Å². The van der Waals surface area contributed by atoms with Crippen LogP contribution in [0.3, 0.4) is 0 Å². The number of methoxy groups -OCH3 is 1. The highest BCUT2D eigenvalue weighted by Gasteiger charge is 2.42. The molecule has 2 aliphatic heterocycles. The van der Waals surface area contributed by atoms with Crippen LogP contribution in [0.25, 0.3) is 55.0 Å². The lowest BCUT2D eigenvalue weighted by atomic mass is 9.97. The Labute approximate surface area is 313 Å². The van der Waals surface area contributed by atoms with Gasteiger partial charge in [0.05, 0.1) is 42.1 Å². The van der Waals surface area contributed by atoms with Crippen LogP contribution < -0.4 is 5.32 Å². The molecule has 4 heterocycles. The third kappa shape index (κ3) is 5.96. The topological polar surface area (TPSA) is 119 Å². The second-order valence-electron chi connectivity index (χ2n) is 14.6. The first kappa shape index (κ1) is 33.8. The van der Waals surface area contributed by atoms with Crippen LogP contribution in [0.2, 0.25) is 0 Å².